The predicted molar refractivity (Wildman–Crippen MR) is 52.6 cm³/mol. The molecule has 5 heteroatoms. The monoisotopic (exact) mass is 213 g/mol. The van der Waals surface area contributed by atoms with E-state index in [4.69, 9.17) is 11.6 Å². The van der Waals surface area contributed by atoms with Crippen LogP contribution in [0.1, 0.15) is 10.4 Å². The second kappa shape index (κ2) is 2.97. The highest BCUT2D eigenvalue weighted by atomic mass is 35.5. The fourth-order valence-corrected chi connectivity index (χ4v) is 1.96. The van der Waals surface area contributed by atoms with Crippen molar-refractivity contribution in [2.24, 2.45) is 0 Å². The molecule has 0 aliphatic heterocycles. The van der Waals surface area contributed by atoms with Crippen LogP contribution in [-0.4, -0.2) is 10.2 Å². The molecule has 0 radical (unpaired) electrons. The summed E-state index contributed by atoms with van der Waals surface area (Å²) in [5.41, 5.74) is 1.14. The van der Waals surface area contributed by atoms with E-state index in [1.165, 1.54) is 0 Å². The molecule has 66 valence electrons. The molecule has 0 bridgehead atoms. The number of fused-ring (bicyclic) bond motifs is 1. The van der Waals surface area contributed by atoms with Crippen molar-refractivity contribution >= 4 is 38.4 Å². The Morgan fingerprint density at radius 3 is 2.92 bits per heavy atom. The van der Waals surface area contributed by atoms with Crippen molar-refractivity contribution in [3.05, 3.63) is 33.4 Å². The Bertz CT molecular complexity index is 528. The van der Waals surface area contributed by atoms with Gasteiger partial charge in [0.1, 0.15) is 0 Å². The number of H-pyrrole nitrogens is 1. The highest BCUT2D eigenvalue weighted by molar-refractivity contribution is 7.16. The van der Waals surface area contributed by atoms with E-state index < -0.39 is 5.24 Å². The first-order valence-corrected chi connectivity index (χ1v) is 4.69. The van der Waals surface area contributed by atoms with E-state index in [1.807, 2.05) is 0 Å². The third kappa shape index (κ3) is 1.50. The van der Waals surface area contributed by atoms with Gasteiger partial charge in [0.15, 0.2) is 0 Å². The Balaban J connectivity index is 2.74. The molecule has 0 amide bonds. The predicted octanol–water partition coefficient (Wildman–Crippen LogP) is 1.97. The zero-order valence-electron chi connectivity index (χ0n) is 6.33. The summed E-state index contributed by atoms with van der Waals surface area (Å²) < 4.78 is 0.747. The summed E-state index contributed by atoms with van der Waals surface area (Å²) in [6.45, 7) is 0. The van der Waals surface area contributed by atoms with Gasteiger partial charge in [0, 0.05) is 5.56 Å². The normalized spacial score (nSPS) is 10.5. The molecule has 0 saturated carbocycles. The average Bonchev–Trinajstić information content (AvgIpc) is 2.42. The number of nitrogens with one attached hydrogen (secondary N) is 1. The smallest absolute Gasteiger partial charge is 0.305 e. The number of carbonyl (C=O) groups is 1. The lowest BCUT2D eigenvalue weighted by atomic mass is 10.2. The Hall–Kier alpha value is -1.13. The van der Waals surface area contributed by atoms with E-state index in [-0.39, 0.29) is 4.87 Å². The Morgan fingerprint density at radius 2 is 2.23 bits per heavy atom. The lowest BCUT2D eigenvalue weighted by molar-refractivity contribution is 0.108. The van der Waals surface area contributed by atoms with Crippen LogP contribution in [0.25, 0.3) is 10.2 Å². The SMILES string of the molecule is O=C(Cl)c1ccc2[nH]c(=O)sc2c1. The maximum atomic E-state index is 10.9. The van der Waals surface area contributed by atoms with Crippen molar-refractivity contribution in [1.29, 1.82) is 0 Å². The van der Waals surface area contributed by atoms with Gasteiger partial charge in [-0.15, -0.1) is 0 Å². The third-order valence-electron chi connectivity index (χ3n) is 1.65. The number of benzene rings is 1. The van der Waals surface area contributed by atoms with Gasteiger partial charge in [-0.1, -0.05) is 11.3 Å². The van der Waals surface area contributed by atoms with Crippen LogP contribution in [-0.2, 0) is 0 Å². The number of halogens is 1. The zero-order valence-corrected chi connectivity index (χ0v) is 7.91. The van der Waals surface area contributed by atoms with E-state index in [0.29, 0.717) is 5.56 Å². The van der Waals surface area contributed by atoms with E-state index >= 15 is 0 Å². The fraction of sp³-hybridized carbons (Fsp3) is 0. The van der Waals surface area contributed by atoms with Crippen molar-refractivity contribution in [2.45, 2.75) is 0 Å². The molecule has 2 rings (SSSR count). The van der Waals surface area contributed by atoms with Gasteiger partial charge >= 0.3 is 4.87 Å². The first kappa shape index (κ1) is 8.47. The van der Waals surface area contributed by atoms with Crippen molar-refractivity contribution < 1.29 is 4.79 Å². The van der Waals surface area contributed by atoms with Crippen LogP contribution in [0, 0.1) is 0 Å². The maximum Gasteiger partial charge on any atom is 0.305 e. The summed E-state index contributed by atoms with van der Waals surface area (Å²) in [7, 11) is 0. The second-order valence-electron chi connectivity index (χ2n) is 2.50. The lowest BCUT2D eigenvalue weighted by Crippen LogP contribution is -1.89. The molecule has 0 unspecified atom stereocenters. The van der Waals surface area contributed by atoms with Crippen molar-refractivity contribution in [3.8, 4) is 0 Å². The van der Waals surface area contributed by atoms with Gasteiger partial charge in [-0.25, -0.2) is 0 Å². The van der Waals surface area contributed by atoms with E-state index in [0.717, 1.165) is 21.6 Å². The molecule has 0 saturated heterocycles. The molecule has 0 aliphatic rings. The van der Waals surface area contributed by atoms with E-state index in [2.05, 4.69) is 4.98 Å². The van der Waals surface area contributed by atoms with Crippen molar-refractivity contribution in [1.82, 2.24) is 4.98 Å². The van der Waals surface area contributed by atoms with Gasteiger partial charge in [-0.3, -0.25) is 9.59 Å². The summed E-state index contributed by atoms with van der Waals surface area (Å²) in [6, 6.07) is 4.86. The Kier molecular flexibility index (Phi) is 1.94. The minimum atomic E-state index is -0.511. The molecule has 1 aromatic carbocycles. The third-order valence-corrected chi connectivity index (χ3v) is 2.71. The van der Waals surface area contributed by atoms with Crippen LogP contribution in [0.3, 0.4) is 0 Å². The molecule has 0 atom stereocenters. The topological polar surface area (TPSA) is 49.9 Å². The number of hydrogen-bond acceptors (Lipinski definition) is 3. The highest BCUT2D eigenvalue weighted by Crippen LogP contribution is 2.17. The minimum Gasteiger partial charge on any atom is -0.312 e. The molecule has 0 fully saturated rings. The summed E-state index contributed by atoms with van der Waals surface area (Å²) in [5.74, 6) is 0. The number of thiazole rings is 1. The molecule has 13 heavy (non-hydrogen) atoms. The van der Waals surface area contributed by atoms with Gasteiger partial charge in [-0.2, -0.15) is 0 Å². The van der Waals surface area contributed by atoms with Crippen LogP contribution in [0.4, 0.5) is 0 Å². The second-order valence-corrected chi connectivity index (χ2v) is 3.86. The molecular weight excluding hydrogens is 210 g/mol. The lowest BCUT2D eigenvalue weighted by Gasteiger charge is -1.91. The van der Waals surface area contributed by atoms with Gasteiger partial charge < -0.3 is 4.98 Å². The van der Waals surface area contributed by atoms with Crippen LogP contribution in [0.5, 0.6) is 0 Å². The number of rotatable bonds is 1. The quantitative estimate of drug-likeness (QED) is 0.737. The van der Waals surface area contributed by atoms with E-state index in [1.54, 1.807) is 18.2 Å². The zero-order chi connectivity index (χ0) is 9.42. The molecule has 2 aromatic rings. The minimum absolute atomic E-state index is 0.130. The number of aromatic nitrogens is 1. The van der Waals surface area contributed by atoms with Gasteiger partial charge in [-0.05, 0) is 29.8 Å². The highest BCUT2D eigenvalue weighted by Gasteiger charge is 2.04. The molecule has 1 heterocycles. The number of aromatic amines is 1. The van der Waals surface area contributed by atoms with Gasteiger partial charge in [0.2, 0.25) is 0 Å². The summed E-state index contributed by atoms with van der Waals surface area (Å²) in [4.78, 5) is 24.2. The summed E-state index contributed by atoms with van der Waals surface area (Å²) in [6.07, 6.45) is 0. The van der Waals surface area contributed by atoms with Crippen LogP contribution in [0.2, 0.25) is 0 Å². The number of carbonyl (C=O) groups excluding carboxylic acids is 1. The first-order valence-electron chi connectivity index (χ1n) is 3.49. The summed E-state index contributed by atoms with van der Waals surface area (Å²) >= 11 is 6.35. The Labute approximate surface area is 82.0 Å². The standard InChI is InChI=1S/C8H4ClNO2S/c9-7(11)4-1-2-5-6(3-4)13-8(12)10-5/h1-3H,(H,10,12). The Morgan fingerprint density at radius 1 is 1.46 bits per heavy atom. The summed E-state index contributed by atoms with van der Waals surface area (Å²) in [5, 5.41) is -0.511. The molecule has 0 spiro atoms. The number of hydrogen-bond donors (Lipinski definition) is 1. The van der Waals surface area contributed by atoms with Gasteiger partial charge in [0.25, 0.3) is 5.24 Å². The van der Waals surface area contributed by atoms with E-state index in [9.17, 15) is 9.59 Å². The van der Waals surface area contributed by atoms with Crippen LogP contribution in [0.15, 0.2) is 23.0 Å². The average molecular weight is 214 g/mol. The first-order chi connectivity index (χ1) is 6.16. The molecule has 1 N–H and O–H groups in total. The molecular formula is C8H4ClNO2S. The fourth-order valence-electron chi connectivity index (χ4n) is 1.07. The molecule has 0 aliphatic carbocycles. The maximum absolute atomic E-state index is 10.9. The van der Waals surface area contributed by atoms with Crippen molar-refractivity contribution in [2.75, 3.05) is 0 Å². The molecule has 3 nitrogen and oxygen atoms in total. The van der Waals surface area contributed by atoms with Gasteiger partial charge in [0.05, 0.1) is 10.2 Å². The van der Waals surface area contributed by atoms with Crippen LogP contribution < -0.4 is 4.87 Å². The molecule has 1 aromatic heterocycles. The van der Waals surface area contributed by atoms with Crippen molar-refractivity contribution in [3.63, 3.8) is 0 Å². The largest absolute Gasteiger partial charge is 0.312 e. The van der Waals surface area contributed by atoms with Crippen LogP contribution >= 0.6 is 22.9 Å².